The molecule has 0 saturated heterocycles. The molecule has 0 radical (unpaired) electrons. The molecule has 1 aromatic heterocycles. The second-order valence-corrected chi connectivity index (χ2v) is 5.47. The summed E-state index contributed by atoms with van der Waals surface area (Å²) in [7, 11) is 1.76. The number of hydrogen-bond acceptors (Lipinski definition) is 4. The third-order valence-corrected chi connectivity index (χ3v) is 3.69. The van der Waals surface area contributed by atoms with Crippen molar-refractivity contribution in [3.63, 3.8) is 0 Å². The maximum atomic E-state index is 12.0. The number of nitrogens with one attached hydrogen (secondary N) is 1. The lowest BCUT2D eigenvalue weighted by Gasteiger charge is -2.24. The molecule has 2 rings (SSSR count). The molecule has 6 nitrogen and oxygen atoms in total. The van der Waals surface area contributed by atoms with Gasteiger partial charge in [0, 0.05) is 19.2 Å². The smallest absolute Gasteiger partial charge is 0.422 e. The number of amides is 2. The van der Waals surface area contributed by atoms with Crippen molar-refractivity contribution < 1.29 is 22.7 Å². The van der Waals surface area contributed by atoms with Gasteiger partial charge in [0.15, 0.2) is 6.61 Å². The first-order chi connectivity index (χ1) is 10.8. The van der Waals surface area contributed by atoms with Crippen molar-refractivity contribution in [3.8, 4) is 5.88 Å². The molecule has 1 aliphatic carbocycles. The summed E-state index contributed by atoms with van der Waals surface area (Å²) < 4.78 is 40.5. The van der Waals surface area contributed by atoms with Gasteiger partial charge in [-0.2, -0.15) is 18.3 Å². The zero-order valence-corrected chi connectivity index (χ0v) is 12.8. The summed E-state index contributed by atoms with van der Waals surface area (Å²) in [6.45, 7) is -1.26. The quantitative estimate of drug-likeness (QED) is 0.900. The van der Waals surface area contributed by atoms with E-state index < -0.39 is 12.8 Å². The summed E-state index contributed by atoms with van der Waals surface area (Å²) >= 11 is 0. The maximum Gasteiger partial charge on any atom is 0.422 e. The number of aromatic nitrogens is 2. The van der Waals surface area contributed by atoms with E-state index in [1.54, 1.807) is 11.9 Å². The normalized spacial score (nSPS) is 15.5. The monoisotopic (exact) mass is 332 g/mol. The molecule has 1 aliphatic rings. The predicted molar refractivity (Wildman–Crippen MR) is 75.8 cm³/mol. The van der Waals surface area contributed by atoms with Gasteiger partial charge >= 0.3 is 12.2 Å². The first-order valence-electron chi connectivity index (χ1n) is 7.38. The Labute approximate surface area is 132 Å². The van der Waals surface area contributed by atoms with Crippen LogP contribution in [0.4, 0.5) is 18.0 Å². The second-order valence-electron chi connectivity index (χ2n) is 5.47. The third-order valence-electron chi connectivity index (χ3n) is 3.69. The Morgan fingerprint density at radius 3 is 2.61 bits per heavy atom. The number of rotatable bonds is 5. The fourth-order valence-electron chi connectivity index (χ4n) is 2.42. The average molecular weight is 332 g/mol. The van der Waals surface area contributed by atoms with E-state index in [9.17, 15) is 18.0 Å². The molecule has 9 heteroatoms. The number of halogens is 3. The summed E-state index contributed by atoms with van der Waals surface area (Å²) in [6, 6.07) is 2.82. The lowest BCUT2D eigenvalue weighted by atomic mass is 10.2. The summed E-state index contributed by atoms with van der Waals surface area (Å²) in [5, 5.41) is 9.99. The summed E-state index contributed by atoms with van der Waals surface area (Å²) in [5.74, 6) is -0.208. The van der Waals surface area contributed by atoms with Crippen molar-refractivity contribution in [2.75, 3.05) is 13.7 Å². The van der Waals surface area contributed by atoms with Crippen LogP contribution in [0.3, 0.4) is 0 Å². The standard InChI is InChI=1S/C14H19F3N4O2/c1-21(11-4-2-3-5-11)13(22)18-8-10-6-7-12(20-19-10)23-9-14(15,16)17/h6-7,11H,2-5,8-9H2,1H3,(H,18,22). The van der Waals surface area contributed by atoms with E-state index >= 15 is 0 Å². The van der Waals surface area contributed by atoms with Gasteiger partial charge < -0.3 is 15.0 Å². The fourth-order valence-corrected chi connectivity index (χ4v) is 2.42. The molecule has 1 saturated carbocycles. The van der Waals surface area contributed by atoms with E-state index in [4.69, 9.17) is 0 Å². The molecule has 0 unspecified atom stereocenters. The minimum absolute atomic E-state index is 0.155. The van der Waals surface area contributed by atoms with E-state index in [-0.39, 0.29) is 24.5 Å². The fraction of sp³-hybridized carbons (Fsp3) is 0.643. The minimum Gasteiger partial charge on any atom is -0.467 e. The van der Waals surface area contributed by atoms with Crippen LogP contribution in [0, 0.1) is 0 Å². The second kappa shape index (κ2) is 7.47. The molecule has 128 valence electrons. The molecular weight excluding hydrogens is 313 g/mol. The van der Waals surface area contributed by atoms with E-state index in [0.29, 0.717) is 5.69 Å². The highest BCUT2D eigenvalue weighted by Gasteiger charge is 2.28. The van der Waals surface area contributed by atoms with Crippen LogP contribution in [0.15, 0.2) is 12.1 Å². The summed E-state index contributed by atoms with van der Waals surface area (Å²) in [5.41, 5.74) is 0.442. The number of carbonyl (C=O) groups excluding carboxylic acids is 1. The van der Waals surface area contributed by atoms with Gasteiger partial charge in [0.25, 0.3) is 0 Å². The van der Waals surface area contributed by atoms with Gasteiger partial charge in [0.2, 0.25) is 5.88 Å². The highest BCUT2D eigenvalue weighted by molar-refractivity contribution is 5.74. The topological polar surface area (TPSA) is 67.4 Å². The number of carbonyl (C=O) groups is 1. The van der Waals surface area contributed by atoms with Crippen LogP contribution in [-0.4, -0.2) is 47.0 Å². The van der Waals surface area contributed by atoms with Gasteiger partial charge in [-0.1, -0.05) is 12.8 Å². The van der Waals surface area contributed by atoms with Crippen LogP contribution in [0.5, 0.6) is 5.88 Å². The number of ether oxygens (including phenoxy) is 1. The number of hydrogen-bond donors (Lipinski definition) is 1. The van der Waals surface area contributed by atoms with Crippen LogP contribution < -0.4 is 10.1 Å². The predicted octanol–water partition coefficient (Wildman–Crippen LogP) is 2.50. The summed E-state index contributed by atoms with van der Waals surface area (Å²) in [4.78, 5) is 13.7. The van der Waals surface area contributed by atoms with E-state index in [1.807, 2.05) is 0 Å². The van der Waals surface area contributed by atoms with Crippen molar-refractivity contribution in [1.82, 2.24) is 20.4 Å². The Hall–Kier alpha value is -2.06. The van der Waals surface area contributed by atoms with Crippen LogP contribution in [-0.2, 0) is 6.54 Å². The van der Waals surface area contributed by atoms with Crippen LogP contribution >= 0.6 is 0 Å². The van der Waals surface area contributed by atoms with Gasteiger partial charge in [-0.25, -0.2) is 4.79 Å². The first-order valence-corrected chi connectivity index (χ1v) is 7.38. The van der Waals surface area contributed by atoms with E-state index in [0.717, 1.165) is 25.7 Å². The molecule has 0 aromatic carbocycles. The number of urea groups is 1. The largest absolute Gasteiger partial charge is 0.467 e. The molecule has 2 amide bonds. The number of nitrogens with zero attached hydrogens (tertiary/aromatic N) is 3. The van der Waals surface area contributed by atoms with Crippen molar-refractivity contribution in [2.45, 2.75) is 44.4 Å². The molecule has 1 fully saturated rings. The zero-order chi connectivity index (χ0) is 16.9. The Balaban J connectivity index is 1.78. The van der Waals surface area contributed by atoms with Crippen LogP contribution in [0.25, 0.3) is 0 Å². The molecule has 1 heterocycles. The third kappa shape index (κ3) is 5.57. The van der Waals surface area contributed by atoms with Crippen molar-refractivity contribution in [3.05, 3.63) is 17.8 Å². The molecule has 23 heavy (non-hydrogen) atoms. The minimum atomic E-state index is -4.42. The Morgan fingerprint density at radius 2 is 2.04 bits per heavy atom. The van der Waals surface area contributed by atoms with Crippen LogP contribution in [0.1, 0.15) is 31.4 Å². The molecular formula is C14H19F3N4O2. The Kier molecular flexibility index (Phi) is 5.62. The van der Waals surface area contributed by atoms with Crippen molar-refractivity contribution in [2.24, 2.45) is 0 Å². The SMILES string of the molecule is CN(C(=O)NCc1ccc(OCC(F)(F)F)nn1)C1CCCC1. The van der Waals surface area contributed by atoms with Gasteiger partial charge in [-0.05, 0) is 18.9 Å². The van der Waals surface area contributed by atoms with Gasteiger partial charge in [-0.3, -0.25) is 0 Å². The van der Waals surface area contributed by atoms with Gasteiger partial charge in [0.05, 0.1) is 12.2 Å². The molecule has 0 aliphatic heterocycles. The maximum absolute atomic E-state index is 12.0. The molecule has 0 spiro atoms. The average Bonchev–Trinajstić information content (AvgIpc) is 3.04. The highest BCUT2D eigenvalue weighted by atomic mass is 19.4. The number of alkyl halides is 3. The lowest BCUT2D eigenvalue weighted by Crippen LogP contribution is -2.42. The van der Waals surface area contributed by atoms with Crippen molar-refractivity contribution in [1.29, 1.82) is 0 Å². The molecule has 1 N–H and O–H groups in total. The summed E-state index contributed by atoms with van der Waals surface area (Å²) in [6.07, 6.45) is -0.136. The molecule has 0 bridgehead atoms. The zero-order valence-electron chi connectivity index (χ0n) is 12.8. The first kappa shape index (κ1) is 17.3. The lowest BCUT2D eigenvalue weighted by molar-refractivity contribution is -0.154. The van der Waals surface area contributed by atoms with Gasteiger partial charge in [-0.15, -0.1) is 5.10 Å². The highest BCUT2D eigenvalue weighted by Crippen LogP contribution is 2.22. The molecule has 1 aromatic rings. The Bertz CT molecular complexity index is 516. The van der Waals surface area contributed by atoms with Crippen molar-refractivity contribution >= 4 is 6.03 Å². The van der Waals surface area contributed by atoms with E-state index in [1.165, 1.54) is 12.1 Å². The Morgan fingerprint density at radius 1 is 1.35 bits per heavy atom. The van der Waals surface area contributed by atoms with Crippen LogP contribution in [0.2, 0.25) is 0 Å². The van der Waals surface area contributed by atoms with E-state index in [2.05, 4.69) is 20.3 Å². The molecule has 0 atom stereocenters. The van der Waals surface area contributed by atoms with Gasteiger partial charge in [0.1, 0.15) is 0 Å².